The van der Waals surface area contributed by atoms with Gasteiger partial charge in [-0.05, 0) is 52.2 Å². The average molecular weight is 425 g/mol. The van der Waals surface area contributed by atoms with Gasteiger partial charge in [0.25, 0.3) is 0 Å². The van der Waals surface area contributed by atoms with Crippen LogP contribution in [0.25, 0.3) is 0 Å². The van der Waals surface area contributed by atoms with Crippen molar-refractivity contribution in [1.29, 1.82) is 0 Å². The molecule has 1 aromatic rings. The van der Waals surface area contributed by atoms with Crippen molar-refractivity contribution in [2.75, 3.05) is 18.9 Å². The maximum atomic E-state index is 12.9. The fourth-order valence-electron chi connectivity index (χ4n) is 4.33. The van der Waals surface area contributed by atoms with Crippen molar-refractivity contribution in [3.05, 3.63) is 35.4 Å². The van der Waals surface area contributed by atoms with Crippen molar-refractivity contribution < 1.29 is 23.6 Å². The number of hydrogen-bond acceptors (Lipinski definition) is 4. The number of ether oxygens (including phenoxy) is 2. The first-order valence-electron chi connectivity index (χ1n) is 10.0. The van der Waals surface area contributed by atoms with Gasteiger partial charge in [-0.15, -0.1) is 0 Å². The van der Waals surface area contributed by atoms with E-state index in [4.69, 9.17) is 9.47 Å². The van der Waals surface area contributed by atoms with Gasteiger partial charge in [-0.3, -0.25) is 4.90 Å². The standard InChI is InChI=1S/C21H32N2O5S/c1-20(2,3)23(19(24)25)18-10-14-8-6-7-9-16(14)17(18)13-29(26)22-11-15-12-27-21(4,5)28-15/h6-9,15,17-18,22H,10-13H2,1-5H3,(H,24,25)/t15?,17-,18+,29?/m0/s1. The number of fused-ring (bicyclic) bond motifs is 1. The first-order chi connectivity index (χ1) is 13.5. The van der Waals surface area contributed by atoms with Crippen LogP contribution >= 0.6 is 0 Å². The van der Waals surface area contributed by atoms with E-state index < -0.39 is 28.4 Å². The van der Waals surface area contributed by atoms with Gasteiger partial charge in [-0.25, -0.2) is 13.7 Å². The second-order valence-electron chi connectivity index (χ2n) is 9.21. The van der Waals surface area contributed by atoms with Gasteiger partial charge in [0.15, 0.2) is 5.79 Å². The molecular formula is C21H32N2O5S. The summed E-state index contributed by atoms with van der Waals surface area (Å²) in [7, 11) is -1.32. The molecule has 162 valence electrons. The molecular weight excluding hydrogens is 392 g/mol. The minimum Gasteiger partial charge on any atom is -0.465 e. The van der Waals surface area contributed by atoms with Crippen LogP contribution in [0.2, 0.25) is 0 Å². The quantitative estimate of drug-likeness (QED) is 0.733. The van der Waals surface area contributed by atoms with Gasteiger partial charge in [-0.1, -0.05) is 24.3 Å². The second-order valence-corrected chi connectivity index (χ2v) is 10.5. The van der Waals surface area contributed by atoms with Gasteiger partial charge >= 0.3 is 6.09 Å². The molecule has 1 aromatic carbocycles. The molecule has 29 heavy (non-hydrogen) atoms. The molecule has 1 aliphatic carbocycles. The second kappa shape index (κ2) is 8.34. The van der Waals surface area contributed by atoms with Crippen LogP contribution in [-0.2, 0) is 26.9 Å². The van der Waals surface area contributed by atoms with E-state index in [2.05, 4.69) is 4.72 Å². The molecule has 0 radical (unpaired) electrons. The van der Waals surface area contributed by atoms with E-state index in [0.29, 0.717) is 25.3 Å². The van der Waals surface area contributed by atoms with Crippen LogP contribution in [0.5, 0.6) is 0 Å². The fourth-order valence-corrected chi connectivity index (χ4v) is 5.54. The summed E-state index contributed by atoms with van der Waals surface area (Å²) in [6, 6.07) is 7.73. The number of amides is 1. The predicted molar refractivity (Wildman–Crippen MR) is 112 cm³/mol. The Hall–Kier alpha value is -1.48. The zero-order valence-electron chi connectivity index (χ0n) is 17.8. The summed E-state index contributed by atoms with van der Waals surface area (Å²) in [5.74, 6) is -0.400. The van der Waals surface area contributed by atoms with Crippen molar-refractivity contribution >= 4 is 17.1 Å². The number of rotatable bonds is 6. The number of benzene rings is 1. The first-order valence-corrected chi connectivity index (χ1v) is 11.3. The number of nitrogens with one attached hydrogen (secondary N) is 1. The maximum Gasteiger partial charge on any atom is 0.408 e. The van der Waals surface area contributed by atoms with Crippen LogP contribution in [0.15, 0.2) is 24.3 Å². The molecule has 0 spiro atoms. The molecule has 0 aromatic heterocycles. The molecule has 2 N–H and O–H groups in total. The summed E-state index contributed by atoms with van der Waals surface area (Å²) in [6.45, 7) is 10.3. The molecule has 1 heterocycles. The third-order valence-electron chi connectivity index (χ3n) is 5.48. The molecule has 4 atom stereocenters. The van der Waals surface area contributed by atoms with E-state index >= 15 is 0 Å². The third-order valence-corrected chi connectivity index (χ3v) is 6.63. The highest BCUT2D eigenvalue weighted by molar-refractivity contribution is 7.83. The molecule has 7 nitrogen and oxygen atoms in total. The molecule has 2 unspecified atom stereocenters. The van der Waals surface area contributed by atoms with Crippen LogP contribution in [0, 0.1) is 0 Å². The van der Waals surface area contributed by atoms with Gasteiger partial charge in [0.2, 0.25) is 0 Å². The van der Waals surface area contributed by atoms with Crippen LogP contribution in [0.4, 0.5) is 4.79 Å². The molecule has 0 saturated carbocycles. The molecule has 1 aliphatic heterocycles. The van der Waals surface area contributed by atoms with E-state index in [1.54, 1.807) is 0 Å². The van der Waals surface area contributed by atoms with E-state index in [-0.39, 0.29) is 18.1 Å². The molecule has 3 rings (SSSR count). The molecule has 8 heteroatoms. The minimum absolute atomic E-state index is 0.132. The lowest BCUT2D eigenvalue weighted by molar-refractivity contribution is -0.137. The fraction of sp³-hybridized carbons (Fsp3) is 0.667. The zero-order chi connectivity index (χ0) is 21.4. The highest BCUT2D eigenvalue weighted by atomic mass is 32.2. The van der Waals surface area contributed by atoms with E-state index in [9.17, 15) is 14.1 Å². The highest BCUT2D eigenvalue weighted by Crippen LogP contribution is 2.39. The van der Waals surface area contributed by atoms with E-state index in [0.717, 1.165) is 11.1 Å². The average Bonchev–Trinajstić information content (AvgIpc) is 3.12. The Bertz CT molecular complexity index is 777. The summed E-state index contributed by atoms with van der Waals surface area (Å²) in [5, 5.41) is 9.90. The Morgan fingerprint density at radius 2 is 2.03 bits per heavy atom. The van der Waals surface area contributed by atoms with Gasteiger partial charge < -0.3 is 14.6 Å². The van der Waals surface area contributed by atoms with Gasteiger partial charge in [0, 0.05) is 29.8 Å². The Balaban J connectivity index is 1.73. The summed E-state index contributed by atoms with van der Waals surface area (Å²) in [5.41, 5.74) is 1.67. The van der Waals surface area contributed by atoms with Gasteiger partial charge in [-0.2, -0.15) is 0 Å². The number of nitrogens with zero attached hydrogens (tertiary/aromatic N) is 1. The summed E-state index contributed by atoms with van der Waals surface area (Å²) in [4.78, 5) is 13.6. The van der Waals surface area contributed by atoms with Crippen molar-refractivity contribution in [2.24, 2.45) is 0 Å². The Kier molecular flexibility index (Phi) is 6.38. The van der Waals surface area contributed by atoms with E-state index in [1.165, 1.54) is 4.90 Å². The van der Waals surface area contributed by atoms with Crippen LogP contribution in [-0.4, -0.2) is 62.7 Å². The third kappa shape index (κ3) is 5.17. The highest BCUT2D eigenvalue weighted by Gasteiger charge is 2.43. The lowest BCUT2D eigenvalue weighted by Crippen LogP contribution is -2.53. The van der Waals surface area contributed by atoms with Crippen molar-refractivity contribution in [2.45, 2.75) is 70.4 Å². The van der Waals surface area contributed by atoms with Crippen LogP contribution in [0.1, 0.15) is 51.7 Å². The first kappa shape index (κ1) is 22.2. The smallest absolute Gasteiger partial charge is 0.408 e. The van der Waals surface area contributed by atoms with Crippen LogP contribution < -0.4 is 4.72 Å². The lowest BCUT2D eigenvalue weighted by atomic mass is 9.95. The molecule has 1 fully saturated rings. The molecule has 1 saturated heterocycles. The largest absolute Gasteiger partial charge is 0.465 e. The normalized spacial score (nSPS) is 26.9. The van der Waals surface area contributed by atoms with Crippen molar-refractivity contribution in [3.63, 3.8) is 0 Å². The lowest BCUT2D eigenvalue weighted by Gasteiger charge is -2.40. The molecule has 2 aliphatic rings. The Labute approximate surface area is 175 Å². The van der Waals surface area contributed by atoms with Crippen molar-refractivity contribution in [1.82, 2.24) is 9.62 Å². The topological polar surface area (TPSA) is 88.1 Å². The predicted octanol–water partition coefficient (Wildman–Crippen LogP) is 2.88. The SMILES string of the molecule is CC1(C)OCC(CNS(=O)C[C@H]2c3ccccc3C[C@H]2N(C(=O)O)C(C)(C)C)O1. The molecule has 1 amide bonds. The molecule has 0 bridgehead atoms. The minimum atomic E-state index is -1.32. The van der Waals surface area contributed by atoms with Gasteiger partial charge in [0.1, 0.15) is 0 Å². The number of carbonyl (C=O) groups is 1. The van der Waals surface area contributed by atoms with Gasteiger partial charge in [0.05, 0.1) is 23.7 Å². The Morgan fingerprint density at radius 3 is 2.62 bits per heavy atom. The number of carboxylic acid groups (broad SMARTS) is 1. The monoisotopic (exact) mass is 424 g/mol. The van der Waals surface area contributed by atoms with Crippen LogP contribution in [0.3, 0.4) is 0 Å². The maximum absolute atomic E-state index is 12.9. The van der Waals surface area contributed by atoms with E-state index in [1.807, 2.05) is 58.9 Å². The number of hydrogen-bond donors (Lipinski definition) is 2. The Morgan fingerprint density at radius 1 is 1.34 bits per heavy atom. The summed E-state index contributed by atoms with van der Waals surface area (Å²) >= 11 is 0. The van der Waals surface area contributed by atoms with Crippen molar-refractivity contribution in [3.8, 4) is 0 Å². The summed E-state index contributed by atoms with van der Waals surface area (Å²) in [6.07, 6.45) is -0.460. The zero-order valence-corrected chi connectivity index (χ0v) is 18.6. The summed E-state index contributed by atoms with van der Waals surface area (Å²) < 4.78 is 27.2.